The van der Waals surface area contributed by atoms with E-state index in [9.17, 15) is 4.79 Å². The Kier molecular flexibility index (Phi) is 4.62. The van der Waals surface area contributed by atoms with Gasteiger partial charge in [-0.3, -0.25) is 4.79 Å². The summed E-state index contributed by atoms with van der Waals surface area (Å²) in [6, 6.07) is 5.76. The van der Waals surface area contributed by atoms with Crippen LogP contribution in [0, 0.1) is 6.92 Å². The van der Waals surface area contributed by atoms with Crippen LogP contribution >= 0.6 is 11.6 Å². The number of halogens is 1. The molecule has 0 bridgehead atoms. The van der Waals surface area contributed by atoms with Gasteiger partial charge in [-0.05, 0) is 37.6 Å². The molecule has 0 aliphatic rings. The molecule has 0 radical (unpaired) electrons. The summed E-state index contributed by atoms with van der Waals surface area (Å²) in [4.78, 5) is 11.2. The van der Waals surface area contributed by atoms with Gasteiger partial charge in [0, 0.05) is 30.2 Å². The Morgan fingerprint density at radius 3 is 2.75 bits per heavy atom. The molecule has 0 saturated carbocycles. The molecule has 0 aliphatic carbocycles. The highest BCUT2D eigenvalue weighted by Crippen LogP contribution is 2.20. The van der Waals surface area contributed by atoms with Crippen molar-refractivity contribution in [1.82, 2.24) is 5.32 Å². The van der Waals surface area contributed by atoms with Crippen molar-refractivity contribution in [2.24, 2.45) is 0 Å². The van der Waals surface area contributed by atoms with E-state index in [2.05, 4.69) is 10.6 Å². The first kappa shape index (κ1) is 12.8. The maximum Gasteiger partial charge on any atom is 0.221 e. The van der Waals surface area contributed by atoms with Crippen LogP contribution in [0.1, 0.15) is 18.9 Å². The molecule has 0 aromatic heterocycles. The summed E-state index contributed by atoms with van der Waals surface area (Å²) in [5.74, 6) is 0.0339. The highest BCUT2D eigenvalue weighted by molar-refractivity contribution is 6.30. The van der Waals surface area contributed by atoms with Gasteiger partial charge in [0.05, 0.1) is 0 Å². The van der Waals surface area contributed by atoms with E-state index in [0.717, 1.165) is 16.3 Å². The van der Waals surface area contributed by atoms with Crippen LogP contribution in [0.15, 0.2) is 18.2 Å². The summed E-state index contributed by atoms with van der Waals surface area (Å²) in [6.07, 6.45) is 0.457. The third-order valence-electron chi connectivity index (χ3n) is 2.36. The van der Waals surface area contributed by atoms with Gasteiger partial charge in [-0.15, -0.1) is 0 Å². The highest BCUT2D eigenvalue weighted by atomic mass is 35.5. The Bertz CT molecular complexity index is 379. The lowest BCUT2D eigenvalue weighted by Crippen LogP contribution is -2.26. The Balaban J connectivity index is 2.62. The molecule has 1 aromatic carbocycles. The van der Waals surface area contributed by atoms with Gasteiger partial charge in [0.15, 0.2) is 0 Å². The van der Waals surface area contributed by atoms with Crippen molar-refractivity contribution in [3.8, 4) is 0 Å². The van der Waals surface area contributed by atoms with Crippen LogP contribution in [0.3, 0.4) is 0 Å². The Hall–Kier alpha value is -1.22. The average molecular weight is 241 g/mol. The summed E-state index contributed by atoms with van der Waals surface area (Å²) in [7, 11) is 1.64. The molecule has 1 aromatic rings. The molecule has 0 saturated heterocycles. The molecular weight excluding hydrogens is 224 g/mol. The van der Waals surface area contributed by atoms with Gasteiger partial charge in [-0.1, -0.05) is 11.6 Å². The molecule has 1 amide bonds. The molecule has 2 N–H and O–H groups in total. The number of nitrogens with one attached hydrogen (secondary N) is 2. The Morgan fingerprint density at radius 2 is 2.19 bits per heavy atom. The molecule has 0 aliphatic heterocycles. The van der Waals surface area contributed by atoms with Crippen molar-refractivity contribution >= 4 is 23.2 Å². The van der Waals surface area contributed by atoms with Crippen LogP contribution in [-0.2, 0) is 4.79 Å². The van der Waals surface area contributed by atoms with Gasteiger partial charge >= 0.3 is 0 Å². The predicted octanol–water partition coefficient (Wildman–Crippen LogP) is 2.58. The second kappa shape index (κ2) is 5.75. The second-order valence-corrected chi connectivity index (χ2v) is 4.32. The topological polar surface area (TPSA) is 41.1 Å². The number of carbonyl (C=O) groups is 1. The molecule has 4 heteroatoms. The van der Waals surface area contributed by atoms with Crippen molar-refractivity contribution in [3.05, 3.63) is 28.8 Å². The molecule has 16 heavy (non-hydrogen) atoms. The van der Waals surface area contributed by atoms with Crippen molar-refractivity contribution < 1.29 is 4.79 Å². The zero-order chi connectivity index (χ0) is 12.1. The van der Waals surface area contributed by atoms with Crippen molar-refractivity contribution in [1.29, 1.82) is 0 Å². The number of hydrogen-bond donors (Lipinski definition) is 2. The van der Waals surface area contributed by atoms with Gasteiger partial charge < -0.3 is 10.6 Å². The van der Waals surface area contributed by atoms with Crippen LogP contribution < -0.4 is 10.6 Å². The summed E-state index contributed by atoms with van der Waals surface area (Å²) in [6.45, 7) is 3.96. The van der Waals surface area contributed by atoms with Crippen LogP contribution in [-0.4, -0.2) is 19.0 Å². The lowest BCUT2D eigenvalue weighted by Gasteiger charge is -2.16. The molecule has 3 nitrogen and oxygen atoms in total. The number of aryl methyl sites for hydroxylation is 1. The van der Waals surface area contributed by atoms with Crippen LogP contribution in [0.25, 0.3) is 0 Å². The third-order valence-corrected chi connectivity index (χ3v) is 2.60. The first-order chi connectivity index (χ1) is 7.52. The highest BCUT2D eigenvalue weighted by Gasteiger charge is 2.08. The Labute approximate surface area is 101 Å². The van der Waals surface area contributed by atoms with E-state index in [-0.39, 0.29) is 11.9 Å². The standard InChI is InChI=1S/C12H17ClN2O/c1-8-6-10(13)4-5-11(8)15-9(2)7-12(16)14-3/h4-6,9,15H,7H2,1-3H3,(H,14,16). The van der Waals surface area contributed by atoms with Gasteiger partial charge in [0.2, 0.25) is 5.91 Å². The molecule has 88 valence electrons. The lowest BCUT2D eigenvalue weighted by molar-refractivity contribution is -0.120. The number of carbonyl (C=O) groups excluding carboxylic acids is 1. The fourth-order valence-corrected chi connectivity index (χ4v) is 1.71. The number of anilines is 1. The molecule has 0 heterocycles. The normalized spacial score (nSPS) is 12.0. The number of hydrogen-bond acceptors (Lipinski definition) is 2. The predicted molar refractivity (Wildman–Crippen MR) is 68.0 cm³/mol. The van der Waals surface area contributed by atoms with Crippen LogP contribution in [0.2, 0.25) is 5.02 Å². The molecule has 0 spiro atoms. The van der Waals surface area contributed by atoms with Crippen molar-refractivity contribution in [2.75, 3.05) is 12.4 Å². The van der Waals surface area contributed by atoms with E-state index in [4.69, 9.17) is 11.6 Å². The molecule has 1 atom stereocenters. The quantitative estimate of drug-likeness (QED) is 0.850. The molecule has 1 unspecified atom stereocenters. The fourth-order valence-electron chi connectivity index (χ4n) is 1.49. The fraction of sp³-hybridized carbons (Fsp3) is 0.417. The summed E-state index contributed by atoms with van der Waals surface area (Å²) < 4.78 is 0. The van der Waals surface area contributed by atoms with Gasteiger partial charge in [0.25, 0.3) is 0 Å². The van der Waals surface area contributed by atoms with E-state index in [0.29, 0.717) is 6.42 Å². The average Bonchev–Trinajstić information content (AvgIpc) is 2.22. The molecule has 0 fully saturated rings. The second-order valence-electron chi connectivity index (χ2n) is 3.88. The van der Waals surface area contributed by atoms with Gasteiger partial charge in [-0.25, -0.2) is 0 Å². The number of rotatable bonds is 4. The van der Waals surface area contributed by atoms with E-state index >= 15 is 0 Å². The first-order valence-electron chi connectivity index (χ1n) is 5.26. The minimum absolute atomic E-state index is 0.0339. The van der Waals surface area contributed by atoms with E-state index in [1.165, 1.54) is 0 Å². The summed E-state index contributed by atoms with van der Waals surface area (Å²) in [5, 5.41) is 6.61. The minimum atomic E-state index is 0.0339. The van der Waals surface area contributed by atoms with Crippen molar-refractivity contribution in [2.45, 2.75) is 26.3 Å². The zero-order valence-electron chi connectivity index (χ0n) is 9.80. The van der Waals surface area contributed by atoms with E-state index in [1.807, 2.05) is 32.0 Å². The third kappa shape index (κ3) is 3.74. The van der Waals surface area contributed by atoms with Gasteiger partial charge in [-0.2, -0.15) is 0 Å². The minimum Gasteiger partial charge on any atom is -0.382 e. The van der Waals surface area contributed by atoms with Crippen molar-refractivity contribution in [3.63, 3.8) is 0 Å². The number of amides is 1. The Morgan fingerprint density at radius 1 is 1.50 bits per heavy atom. The maximum absolute atomic E-state index is 11.2. The van der Waals surface area contributed by atoms with E-state index < -0.39 is 0 Å². The first-order valence-corrected chi connectivity index (χ1v) is 5.64. The maximum atomic E-state index is 11.2. The van der Waals surface area contributed by atoms with Crippen LogP contribution in [0.5, 0.6) is 0 Å². The lowest BCUT2D eigenvalue weighted by atomic mass is 10.1. The molecule has 1 rings (SSSR count). The zero-order valence-corrected chi connectivity index (χ0v) is 10.6. The summed E-state index contributed by atoms with van der Waals surface area (Å²) >= 11 is 5.87. The largest absolute Gasteiger partial charge is 0.382 e. The van der Waals surface area contributed by atoms with E-state index in [1.54, 1.807) is 7.05 Å². The number of benzene rings is 1. The van der Waals surface area contributed by atoms with Crippen LogP contribution in [0.4, 0.5) is 5.69 Å². The smallest absolute Gasteiger partial charge is 0.221 e. The SMILES string of the molecule is CNC(=O)CC(C)Nc1ccc(Cl)cc1C. The monoisotopic (exact) mass is 240 g/mol. The summed E-state index contributed by atoms with van der Waals surface area (Å²) in [5.41, 5.74) is 2.09. The van der Waals surface area contributed by atoms with Gasteiger partial charge in [0.1, 0.15) is 0 Å². The molecular formula is C12H17ClN2O.